The maximum atomic E-state index is 13.8. The van der Waals surface area contributed by atoms with E-state index in [1.165, 1.54) is 35.1 Å². The van der Waals surface area contributed by atoms with E-state index in [4.69, 9.17) is 4.42 Å². The smallest absolute Gasteiger partial charge is 0.247 e. The summed E-state index contributed by atoms with van der Waals surface area (Å²) in [5.74, 6) is -0.624. The van der Waals surface area contributed by atoms with Crippen LogP contribution in [0.2, 0.25) is 0 Å². The van der Waals surface area contributed by atoms with Crippen molar-refractivity contribution in [3.05, 3.63) is 120 Å². The monoisotopic (exact) mass is 570 g/mol. The van der Waals surface area contributed by atoms with Crippen molar-refractivity contribution in [3.8, 4) is 0 Å². The van der Waals surface area contributed by atoms with Crippen LogP contribution >= 0.6 is 11.8 Å². The SMILES string of the molecule is C[C@H](NC(=O)Cc1ccccc1)C(=O)Nc1ccc(C2SC(=Nc3cccc(F)c3)N(Cc3ccco3)C2=O)cc1. The first-order valence-electron chi connectivity index (χ1n) is 12.9. The van der Waals surface area contributed by atoms with Gasteiger partial charge in [-0.1, -0.05) is 60.3 Å². The van der Waals surface area contributed by atoms with Gasteiger partial charge in [-0.2, -0.15) is 0 Å². The van der Waals surface area contributed by atoms with E-state index in [9.17, 15) is 18.8 Å². The van der Waals surface area contributed by atoms with Crippen molar-refractivity contribution in [1.29, 1.82) is 0 Å². The number of furan rings is 1. The number of amides is 3. The van der Waals surface area contributed by atoms with E-state index in [-0.39, 0.29) is 30.7 Å². The van der Waals surface area contributed by atoms with E-state index in [0.29, 0.717) is 22.3 Å². The van der Waals surface area contributed by atoms with Crippen LogP contribution in [0.15, 0.2) is 107 Å². The minimum Gasteiger partial charge on any atom is -0.467 e. The van der Waals surface area contributed by atoms with Crippen molar-refractivity contribution in [1.82, 2.24) is 10.2 Å². The molecule has 3 amide bonds. The quantitative estimate of drug-likeness (QED) is 0.272. The number of carbonyl (C=O) groups is 3. The summed E-state index contributed by atoms with van der Waals surface area (Å²) in [7, 11) is 0. The second-order valence-corrected chi connectivity index (χ2v) is 10.5. The lowest BCUT2D eigenvalue weighted by Gasteiger charge is -2.16. The number of thioether (sulfide) groups is 1. The van der Waals surface area contributed by atoms with Crippen LogP contribution in [0.5, 0.6) is 0 Å². The lowest BCUT2D eigenvalue weighted by atomic mass is 10.1. The zero-order chi connectivity index (χ0) is 28.8. The van der Waals surface area contributed by atoms with E-state index in [0.717, 1.165) is 11.1 Å². The van der Waals surface area contributed by atoms with E-state index >= 15 is 0 Å². The third kappa shape index (κ3) is 7.09. The Kier molecular flexibility index (Phi) is 8.59. The normalized spacial score (nSPS) is 16.5. The van der Waals surface area contributed by atoms with Gasteiger partial charge in [-0.25, -0.2) is 9.38 Å². The van der Waals surface area contributed by atoms with Gasteiger partial charge in [0.2, 0.25) is 17.7 Å². The molecule has 0 saturated carbocycles. The summed E-state index contributed by atoms with van der Waals surface area (Å²) in [4.78, 5) is 44.6. The average molecular weight is 571 g/mol. The lowest BCUT2D eigenvalue weighted by molar-refractivity contribution is -0.126. The highest BCUT2D eigenvalue weighted by Gasteiger charge is 2.39. The second kappa shape index (κ2) is 12.6. The Morgan fingerprint density at radius 3 is 2.51 bits per heavy atom. The number of hydrogen-bond acceptors (Lipinski definition) is 6. The summed E-state index contributed by atoms with van der Waals surface area (Å²) in [6.45, 7) is 1.80. The first-order chi connectivity index (χ1) is 19.9. The maximum absolute atomic E-state index is 13.8. The average Bonchev–Trinajstić information content (AvgIpc) is 3.58. The summed E-state index contributed by atoms with van der Waals surface area (Å²) in [5.41, 5.74) is 2.50. The lowest BCUT2D eigenvalue weighted by Crippen LogP contribution is -2.42. The molecular weight excluding hydrogens is 543 g/mol. The van der Waals surface area contributed by atoms with Gasteiger partial charge in [-0.3, -0.25) is 19.3 Å². The Hall–Kier alpha value is -4.70. The Balaban J connectivity index is 1.25. The summed E-state index contributed by atoms with van der Waals surface area (Å²) < 4.78 is 19.2. The fourth-order valence-corrected chi connectivity index (χ4v) is 5.42. The number of halogens is 1. The number of carbonyl (C=O) groups excluding carboxylic acids is 3. The van der Waals surface area contributed by atoms with Crippen LogP contribution in [0.3, 0.4) is 0 Å². The predicted molar refractivity (Wildman–Crippen MR) is 156 cm³/mol. The van der Waals surface area contributed by atoms with Crippen LogP contribution in [0, 0.1) is 5.82 Å². The van der Waals surface area contributed by atoms with Crippen molar-refractivity contribution < 1.29 is 23.2 Å². The molecule has 208 valence electrons. The van der Waals surface area contributed by atoms with Crippen LogP contribution in [0.1, 0.15) is 29.1 Å². The van der Waals surface area contributed by atoms with E-state index in [2.05, 4.69) is 15.6 Å². The Labute approximate surface area is 240 Å². The van der Waals surface area contributed by atoms with Crippen LogP contribution in [-0.4, -0.2) is 33.8 Å². The molecule has 1 unspecified atom stereocenters. The molecule has 0 aliphatic carbocycles. The molecule has 1 saturated heterocycles. The van der Waals surface area contributed by atoms with Crippen molar-refractivity contribution in [2.45, 2.75) is 31.2 Å². The molecule has 1 aliphatic heterocycles. The van der Waals surface area contributed by atoms with E-state index < -0.39 is 17.1 Å². The Morgan fingerprint density at radius 1 is 1.02 bits per heavy atom. The van der Waals surface area contributed by atoms with Gasteiger partial charge in [0, 0.05) is 5.69 Å². The van der Waals surface area contributed by atoms with Crippen LogP contribution in [0.4, 0.5) is 15.8 Å². The van der Waals surface area contributed by atoms with Crippen molar-refractivity contribution >= 4 is 46.0 Å². The third-order valence-electron chi connectivity index (χ3n) is 6.33. The largest absolute Gasteiger partial charge is 0.467 e. The van der Waals surface area contributed by atoms with Crippen molar-refractivity contribution in [3.63, 3.8) is 0 Å². The van der Waals surface area contributed by atoms with Crippen LogP contribution < -0.4 is 10.6 Å². The van der Waals surface area contributed by atoms with E-state index in [1.807, 2.05) is 30.3 Å². The number of aliphatic imine (C=N–C) groups is 1. The molecule has 41 heavy (non-hydrogen) atoms. The molecule has 8 nitrogen and oxygen atoms in total. The molecule has 2 N–H and O–H groups in total. The second-order valence-electron chi connectivity index (χ2n) is 9.44. The molecule has 2 heterocycles. The molecule has 0 radical (unpaired) electrons. The van der Waals surface area contributed by atoms with Gasteiger partial charge < -0.3 is 15.1 Å². The van der Waals surface area contributed by atoms with Gasteiger partial charge in [0.1, 0.15) is 22.9 Å². The summed E-state index contributed by atoms with van der Waals surface area (Å²) >= 11 is 1.26. The molecule has 4 aromatic rings. The molecule has 5 rings (SSSR count). The van der Waals surface area contributed by atoms with Crippen LogP contribution in [0.25, 0.3) is 0 Å². The standard InChI is InChI=1S/C31H27FN4O4S/c1-20(33-27(37)17-21-7-3-2-4-8-21)29(38)34-24-14-12-22(13-15-24)28-30(39)36(19-26-11-6-16-40-26)31(41-28)35-25-10-5-9-23(32)18-25/h2-16,18,20,28H,17,19H2,1H3,(H,33,37)(H,34,38)/t20-,28?/m0/s1. The van der Waals surface area contributed by atoms with Gasteiger partial charge in [0.15, 0.2) is 5.17 Å². The molecule has 10 heteroatoms. The molecule has 1 aromatic heterocycles. The van der Waals surface area contributed by atoms with Gasteiger partial charge in [0.05, 0.1) is 24.9 Å². The molecule has 1 aliphatic rings. The number of nitrogens with zero attached hydrogens (tertiary/aromatic N) is 2. The Morgan fingerprint density at radius 2 is 1.80 bits per heavy atom. The van der Waals surface area contributed by atoms with Crippen molar-refractivity contribution in [2.75, 3.05) is 5.32 Å². The Bertz CT molecular complexity index is 1560. The van der Waals surface area contributed by atoms with Crippen LogP contribution in [-0.2, 0) is 27.3 Å². The highest BCUT2D eigenvalue weighted by molar-refractivity contribution is 8.15. The molecule has 2 atom stereocenters. The molecule has 0 bridgehead atoms. The highest BCUT2D eigenvalue weighted by atomic mass is 32.2. The minimum atomic E-state index is -0.741. The number of rotatable bonds is 9. The van der Waals surface area contributed by atoms with E-state index in [1.54, 1.807) is 55.5 Å². The highest BCUT2D eigenvalue weighted by Crippen LogP contribution is 2.41. The number of amidine groups is 1. The third-order valence-corrected chi connectivity index (χ3v) is 7.56. The summed E-state index contributed by atoms with van der Waals surface area (Å²) in [6, 6.07) is 24.9. The number of hydrogen-bond donors (Lipinski definition) is 2. The van der Waals surface area contributed by atoms with Gasteiger partial charge in [-0.15, -0.1) is 0 Å². The van der Waals surface area contributed by atoms with Crippen molar-refractivity contribution in [2.24, 2.45) is 4.99 Å². The number of nitrogens with one attached hydrogen (secondary N) is 2. The molecule has 1 fully saturated rings. The van der Waals surface area contributed by atoms with Gasteiger partial charge in [0.25, 0.3) is 0 Å². The minimum absolute atomic E-state index is 0.182. The van der Waals surface area contributed by atoms with Gasteiger partial charge in [-0.05, 0) is 60.5 Å². The zero-order valence-corrected chi connectivity index (χ0v) is 22.9. The topological polar surface area (TPSA) is 104 Å². The van der Waals surface area contributed by atoms with Gasteiger partial charge >= 0.3 is 0 Å². The fourth-order valence-electron chi connectivity index (χ4n) is 4.24. The first-order valence-corrected chi connectivity index (χ1v) is 13.8. The molecular formula is C31H27FN4O4S. The summed E-state index contributed by atoms with van der Waals surface area (Å²) in [6.07, 6.45) is 1.72. The predicted octanol–water partition coefficient (Wildman–Crippen LogP) is 5.61. The first kappa shape index (κ1) is 27.9. The number of benzene rings is 3. The molecule has 3 aromatic carbocycles. The summed E-state index contributed by atoms with van der Waals surface area (Å²) in [5, 5.41) is 5.36. The zero-order valence-electron chi connectivity index (χ0n) is 22.1. The number of anilines is 1. The fraction of sp³-hybridized carbons (Fsp3) is 0.161. The maximum Gasteiger partial charge on any atom is 0.247 e. The molecule has 0 spiro atoms.